The molecule has 2 aromatic carbocycles. The molecule has 4 aliphatic rings. The molecule has 0 N–H and O–H groups in total. The quantitative estimate of drug-likeness (QED) is 0.311. The molecule has 6 heterocycles. The number of carbonyl (C=O) groups is 2. The van der Waals surface area contributed by atoms with Crippen molar-refractivity contribution in [2.75, 3.05) is 0 Å². The van der Waals surface area contributed by atoms with E-state index in [1.165, 1.54) is 41.1 Å². The average molecular weight is 487 g/mol. The number of nitrogens with zero attached hydrogens (tertiary/aromatic N) is 2. The summed E-state index contributed by atoms with van der Waals surface area (Å²) in [5.41, 5.74) is 2.80. The zero-order valence-electron chi connectivity index (χ0n) is 19.0. The highest BCUT2D eigenvalue weighted by molar-refractivity contribution is 7.19. The summed E-state index contributed by atoms with van der Waals surface area (Å²) in [6, 6.07) is 18.1. The summed E-state index contributed by atoms with van der Waals surface area (Å²) in [6.07, 6.45) is 5.73. The third-order valence-corrected chi connectivity index (χ3v) is 10.4. The number of hydrogen-bond donors (Lipinski definition) is 0. The summed E-state index contributed by atoms with van der Waals surface area (Å²) in [7, 11) is 0. The fourth-order valence-electron chi connectivity index (χ4n) is 6.19. The fraction of sp³-hybridized carbons (Fsp3) is 0.357. The second-order valence-electron chi connectivity index (χ2n) is 9.84. The lowest BCUT2D eigenvalue weighted by atomic mass is 10.00. The molecule has 8 rings (SSSR count). The van der Waals surface area contributed by atoms with Gasteiger partial charge < -0.3 is 9.80 Å². The van der Waals surface area contributed by atoms with Crippen LogP contribution in [0.15, 0.2) is 48.5 Å². The first-order chi connectivity index (χ1) is 16.7. The smallest absolute Gasteiger partial charge is 0.223 e. The van der Waals surface area contributed by atoms with E-state index >= 15 is 0 Å². The maximum absolute atomic E-state index is 11.8. The van der Waals surface area contributed by atoms with E-state index < -0.39 is 0 Å². The summed E-state index contributed by atoms with van der Waals surface area (Å²) in [5.74, 6) is 0.687. The molecule has 0 aliphatic carbocycles. The number of hydrogen-bond acceptors (Lipinski definition) is 4. The minimum Gasteiger partial charge on any atom is -0.335 e. The first kappa shape index (κ1) is 20.7. The van der Waals surface area contributed by atoms with E-state index in [2.05, 4.69) is 58.3 Å². The summed E-state index contributed by atoms with van der Waals surface area (Å²) in [6.45, 7) is 1.67. The van der Waals surface area contributed by atoms with Crippen molar-refractivity contribution in [1.82, 2.24) is 9.80 Å². The van der Waals surface area contributed by atoms with Crippen LogP contribution in [-0.4, -0.2) is 33.7 Å². The van der Waals surface area contributed by atoms with Crippen molar-refractivity contribution in [1.29, 1.82) is 0 Å². The standard InChI is InChI=1S/2C14H13NOS/c2*16-14-6-5-9-7-13-11(8-15(9)14)10-3-1-2-4-12(10)17-13/h2*1-4,9H,5-8H2/t2*9-/m00/s1. The van der Waals surface area contributed by atoms with Gasteiger partial charge in [-0.25, -0.2) is 0 Å². The van der Waals surface area contributed by atoms with Gasteiger partial charge in [0, 0.05) is 70.0 Å². The Morgan fingerprint density at radius 2 is 1.09 bits per heavy atom. The minimum absolute atomic E-state index is 0.343. The predicted octanol–water partition coefficient (Wildman–Crippen LogP) is 5.90. The molecule has 2 amide bonds. The summed E-state index contributed by atoms with van der Waals surface area (Å²) in [4.78, 5) is 30.8. The summed E-state index contributed by atoms with van der Waals surface area (Å²) in [5, 5.41) is 2.70. The largest absolute Gasteiger partial charge is 0.335 e. The van der Waals surface area contributed by atoms with E-state index in [9.17, 15) is 9.59 Å². The molecule has 0 radical (unpaired) electrons. The molecule has 6 heteroatoms. The molecular weight excluding hydrogens is 460 g/mol. The fourth-order valence-corrected chi connectivity index (χ4v) is 8.76. The van der Waals surface area contributed by atoms with Crippen molar-refractivity contribution in [2.45, 2.75) is 63.7 Å². The highest BCUT2D eigenvalue weighted by atomic mass is 32.1. The van der Waals surface area contributed by atoms with E-state index in [0.29, 0.717) is 23.9 Å². The van der Waals surface area contributed by atoms with E-state index in [1.807, 2.05) is 22.7 Å². The topological polar surface area (TPSA) is 40.6 Å². The molecular formula is C28H26N2O2S2. The van der Waals surface area contributed by atoms with Crippen molar-refractivity contribution in [3.63, 3.8) is 0 Å². The second kappa shape index (κ2) is 7.92. The van der Waals surface area contributed by atoms with Crippen LogP contribution >= 0.6 is 22.7 Å². The lowest BCUT2D eigenvalue weighted by Gasteiger charge is -2.29. The molecule has 2 aromatic heterocycles. The molecule has 172 valence electrons. The van der Waals surface area contributed by atoms with Gasteiger partial charge in [0.15, 0.2) is 0 Å². The molecule has 2 atom stereocenters. The zero-order valence-corrected chi connectivity index (χ0v) is 20.6. The molecule has 0 unspecified atom stereocenters. The third kappa shape index (κ3) is 3.23. The lowest BCUT2D eigenvalue weighted by Crippen LogP contribution is -2.37. The Hall–Kier alpha value is -2.70. The first-order valence-corrected chi connectivity index (χ1v) is 13.9. The Kier molecular flexibility index (Phi) is 4.81. The molecule has 34 heavy (non-hydrogen) atoms. The van der Waals surface area contributed by atoms with Crippen molar-refractivity contribution in [3.8, 4) is 0 Å². The lowest BCUT2D eigenvalue weighted by molar-refractivity contribution is -0.130. The van der Waals surface area contributed by atoms with Crippen molar-refractivity contribution in [2.24, 2.45) is 0 Å². The van der Waals surface area contributed by atoms with Crippen molar-refractivity contribution >= 4 is 54.7 Å². The second-order valence-corrected chi connectivity index (χ2v) is 12.1. The summed E-state index contributed by atoms with van der Waals surface area (Å²) < 4.78 is 2.73. The SMILES string of the molecule is O=C1CC[C@H]2Cc3sc4ccccc4c3CN12.O=C1CC[C@H]2Cc3sc4ccccc4c3CN12. The van der Waals surface area contributed by atoms with Crippen LogP contribution < -0.4 is 0 Å². The van der Waals surface area contributed by atoms with Crippen LogP contribution in [-0.2, 0) is 35.5 Å². The van der Waals surface area contributed by atoms with Gasteiger partial charge in [0.25, 0.3) is 0 Å². The summed E-state index contributed by atoms with van der Waals surface area (Å²) >= 11 is 3.82. The van der Waals surface area contributed by atoms with Gasteiger partial charge in [0.05, 0.1) is 0 Å². The van der Waals surface area contributed by atoms with E-state index in [4.69, 9.17) is 0 Å². The Labute approximate surface area is 206 Å². The van der Waals surface area contributed by atoms with Gasteiger partial charge in [0.1, 0.15) is 0 Å². The third-order valence-electron chi connectivity index (χ3n) is 7.97. The van der Waals surface area contributed by atoms with Crippen LogP contribution in [0.5, 0.6) is 0 Å². The van der Waals surface area contributed by atoms with Crippen LogP contribution in [0, 0.1) is 0 Å². The molecule has 2 saturated heterocycles. The normalized spacial score (nSPS) is 22.9. The van der Waals surface area contributed by atoms with Gasteiger partial charge in [-0.1, -0.05) is 36.4 Å². The molecule has 0 bridgehead atoms. The highest BCUT2D eigenvalue weighted by Gasteiger charge is 2.37. The van der Waals surface area contributed by atoms with Crippen LogP contribution in [0.1, 0.15) is 46.6 Å². The maximum atomic E-state index is 11.8. The molecule has 4 aromatic rings. The van der Waals surface area contributed by atoms with Gasteiger partial charge in [0.2, 0.25) is 11.8 Å². The number of amides is 2. The number of rotatable bonds is 0. The van der Waals surface area contributed by atoms with Crippen LogP contribution in [0.3, 0.4) is 0 Å². The van der Waals surface area contributed by atoms with Crippen LogP contribution in [0.25, 0.3) is 20.2 Å². The number of carbonyl (C=O) groups excluding carboxylic acids is 2. The Bertz CT molecular complexity index is 1340. The van der Waals surface area contributed by atoms with Gasteiger partial charge in [-0.2, -0.15) is 0 Å². The van der Waals surface area contributed by atoms with E-state index in [-0.39, 0.29) is 0 Å². The van der Waals surface area contributed by atoms with E-state index in [0.717, 1.165) is 51.6 Å². The van der Waals surface area contributed by atoms with Gasteiger partial charge in [-0.05, 0) is 46.9 Å². The van der Waals surface area contributed by atoms with Crippen molar-refractivity contribution < 1.29 is 9.59 Å². The molecule has 0 saturated carbocycles. The Morgan fingerprint density at radius 1 is 0.647 bits per heavy atom. The molecule has 4 nitrogen and oxygen atoms in total. The Morgan fingerprint density at radius 3 is 1.56 bits per heavy atom. The Balaban J connectivity index is 0.000000118. The van der Waals surface area contributed by atoms with Gasteiger partial charge in [-0.15, -0.1) is 22.7 Å². The number of fused-ring (bicyclic) bond motifs is 8. The first-order valence-electron chi connectivity index (χ1n) is 12.2. The van der Waals surface area contributed by atoms with Crippen LogP contribution in [0.2, 0.25) is 0 Å². The van der Waals surface area contributed by atoms with Gasteiger partial charge >= 0.3 is 0 Å². The van der Waals surface area contributed by atoms with Crippen molar-refractivity contribution in [3.05, 3.63) is 69.4 Å². The van der Waals surface area contributed by atoms with E-state index in [1.54, 1.807) is 0 Å². The molecule has 4 aliphatic heterocycles. The minimum atomic E-state index is 0.343. The average Bonchev–Trinajstić information content (AvgIpc) is 3.61. The molecule has 2 fully saturated rings. The van der Waals surface area contributed by atoms with Crippen LogP contribution in [0.4, 0.5) is 0 Å². The number of thiophene rings is 2. The monoisotopic (exact) mass is 486 g/mol. The van der Waals surface area contributed by atoms with Gasteiger partial charge in [-0.3, -0.25) is 9.59 Å². The molecule has 0 spiro atoms. The highest BCUT2D eigenvalue weighted by Crippen LogP contribution is 2.41. The predicted molar refractivity (Wildman–Crippen MR) is 138 cm³/mol. The maximum Gasteiger partial charge on any atom is 0.223 e. The zero-order chi connectivity index (χ0) is 22.8. The number of benzene rings is 2.